The molecule has 0 aliphatic carbocycles. The molecule has 116 valence electrons. The molecule has 1 atom stereocenters. The van der Waals surface area contributed by atoms with Crippen molar-refractivity contribution in [2.75, 3.05) is 25.4 Å². The molecule has 0 radical (unpaired) electrons. The first-order chi connectivity index (χ1) is 9.99. The fourth-order valence-corrected chi connectivity index (χ4v) is 2.91. The lowest BCUT2D eigenvalue weighted by Crippen LogP contribution is -2.44. The second-order valence-electron chi connectivity index (χ2n) is 5.52. The predicted octanol–water partition coefficient (Wildman–Crippen LogP) is 3.18. The zero-order valence-electron chi connectivity index (χ0n) is 12.2. The molecular formula is C15H21Cl2N3O. The summed E-state index contributed by atoms with van der Waals surface area (Å²) in [5, 5.41) is 3.52. The molecule has 0 aromatic heterocycles. The Morgan fingerprint density at radius 3 is 2.62 bits per heavy atom. The number of rotatable bonds is 4. The number of nitrogens with two attached hydrogens (primary N) is 1. The van der Waals surface area contributed by atoms with Crippen LogP contribution in [0.2, 0.25) is 10.0 Å². The SMILES string of the molecule is CC(CNC(=O)c1cc(N)c(Cl)c(Cl)c1)N1CCCCC1. The zero-order valence-corrected chi connectivity index (χ0v) is 13.7. The van der Waals surface area contributed by atoms with Crippen molar-refractivity contribution < 1.29 is 4.79 Å². The molecule has 1 heterocycles. The summed E-state index contributed by atoms with van der Waals surface area (Å²) in [6.07, 6.45) is 3.78. The smallest absolute Gasteiger partial charge is 0.251 e. The summed E-state index contributed by atoms with van der Waals surface area (Å²) in [6.45, 7) is 4.96. The molecule has 1 saturated heterocycles. The Bertz CT molecular complexity index is 493. The number of piperidine rings is 1. The number of hydrogen-bond acceptors (Lipinski definition) is 3. The Morgan fingerprint density at radius 1 is 1.33 bits per heavy atom. The maximum Gasteiger partial charge on any atom is 0.251 e. The summed E-state index contributed by atoms with van der Waals surface area (Å²) in [6, 6.07) is 3.42. The van der Waals surface area contributed by atoms with E-state index < -0.39 is 0 Å². The van der Waals surface area contributed by atoms with E-state index in [1.807, 2.05) is 0 Å². The van der Waals surface area contributed by atoms with E-state index in [0.717, 1.165) is 13.1 Å². The third kappa shape index (κ3) is 4.25. The van der Waals surface area contributed by atoms with Gasteiger partial charge in [0.2, 0.25) is 0 Å². The first-order valence-corrected chi connectivity index (χ1v) is 8.01. The van der Waals surface area contributed by atoms with Crippen LogP contribution in [0, 0.1) is 0 Å². The number of carbonyl (C=O) groups is 1. The van der Waals surface area contributed by atoms with Gasteiger partial charge in [-0.3, -0.25) is 9.69 Å². The van der Waals surface area contributed by atoms with Crippen molar-refractivity contribution in [1.29, 1.82) is 0 Å². The molecule has 1 unspecified atom stereocenters. The summed E-state index contributed by atoms with van der Waals surface area (Å²) < 4.78 is 0. The number of halogens is 2. The summed E-state index contributed by atoms with van der Waals surface area (Å²) in [5.41, 5.74) is 6.48. The van der Waals surface area contributed by atoms with Gasteiger partial charge < -0.3 is 11.1 Å². The highest BCUT2D eigenvalue weighted by Gasteiger charge is 2.18. The minimum atomic E-state index is -0.177. The third-order valence-electron chi connectivity index (χ3n) is 3.89. The van der Waals surface area contributed by atoms with Crippen LogP contribution in [0.1, 0.15) is 36.5 Å². The Hall–Kier alpha value is -0.970. The lowest BCUT2D eigenvalue weighted by Gasteiger charge is -2.32. The molecule has 1 amide bonds. The van der Waals surface area contributed by atoms with E-state index in [4.69, 9.17) is 28.9 Å². The molecule has 21 heavy (non-hydrogen) atoms. The molecule has 1 aromatic rings. The number of anilines is 1. The van der Waals surface area contributed by atoms with Crippen molar-refractivity contribution in [3.05, 3.63) is 27.7 Å². The Morgan fingerprint density at radius 2 is 2.00 bits per heavy atom. The van der Waals surface area contributed by atoms with Gasteiger partial charge in [-0.25, -0.2) is 0 Å². The minimum Gasteiger partial charge on any atom is -0.397 e. The van der Waals surface area contributed by atoms with Crippen molar-refractivity contribution in [2.24, 2.45) is 0 Å². The Kier molecular flexibility index (Phi) is 5.73. The highest BCUT2D eigenvalue weighted by atomic mass is 35.5. The number of amides is 1. The van der Waals surface area contributed by atoms with Gasteiger partial charge in [0.1, 0.15) is 0 Å². The van der Waals surface area contributed by atoms with Gasteiger partial charge in [-0.1, -0.05) is 29.6 Å². The first-order valence-electron chi connectivity index (χ1n) is 7.26. The molecule has 0 bridgehead atoms. The lowest BCUT2D eigenvalue weighted by molar-refractivity contribution is 0.0930. The zero-order chi connectivity index (χ0) is 15.4. The topological polar surface area (TPSA) is 58.4 Å². The normalized spacial score (nSPS) is 17.5. The number of likely N-dealkylation sites (tertiary alicyclic amines) is 1. The van der Waals surface area contributed by atoms with Crippen LogP contribution in [0.15, 0.2) is 12.1 Å². The van der Waals surface area contributed by atoms with E-state index in [0.29, 0.717) is 28.9 Å². The van der Waals surface area contributed by atoms with Crippen LogP contribution >= 0.6 is 23.2 Å². The maximum absolute atomic E-state index is 12.2. The van der Waals surface area contributed by atoms with Gasteiger partial charge in [-0.2, -0.15) is 0 Å². The molecule has 1 aromatic carbocycles. The van der Waals surface area contributed by atoms with Crippen LogP contribution in [0.25, 0.3) is 0 Å². The van der Waals surface area contributed by atoms with Crippen LogP contribution in [-0.2, 0) is 0 Å². The largest absolute Gasteiger partial charge is 0.397 e. The highest BCUT2D eigenvalue weighted by Crippen LogP contribution is 2.29. The quantitative estimate of drug-likeness (QED) is 0.834. The molecule has 0 saturated carbocycles. The average Bonchev–Trinajstić information content (AvgIpc) is 2.50. The van der Waals surface area contributed by atoms with Gasteiger partial charge in [0.05, 0.1) is 15.7 Å². The Balaban J connectivity index is 1.92. The first kappa shape index (κ1) is 16.4. The van der Waals surface area contributed by atoms with E-state index in [9.17, 15) is 4.79 Å². The second-order valence-corrected chi connectivity index (χ2v) is 6.30. The summed E-state index contributed by atoms with van der Waals surface area (Å²) in [5.74, 6) is -0.177. The van der Waals surface area contributed by atoms with Crippen molar-refractivity contribution >= 4 is 34.8 Å². The number of hydrogen-bond donors (Lipinski definition) is 2. The molecule has 0 spiro atoms. The number of carbonyl (C=O) groups excluding carboxylic acids is 1. The van der Waals surface area contributed by atoms with E-state index in [2.05, 4.69) is 17.1 Å². The van der Waals surface area contributed by atoms with E-state index in [1.54, 1.807) is 12.1 Å². The monoisotopic (exact) mass is 329 g/mol. The third-order valence-corrected chi connectivity index (χ3v) is 4.71. The average molecular weight is 330 g/mol. The van der Waals surface area contributed by atoms with Gasteiger partial charge >= 0.3 is 0 Å². The van der Waals surface area contributed by atoms with Crippen molar-refractivity contribution in [2.45, 2.75) is 32.2 Å². The number of nitrogens with one attached hydrogen (secondary N) is 1. The number of nitrogens with zero attached hydrogens (tertiary/aromatic N) is 1. The van der Waals surface area contributed by atoms with Gasteiger partial charge in [-0.15, -0.1) is 0 Å². The molecule has 1 aliphatic rings. The molecule has 1 aliphatic heterocycles. The van der Waals surface area contributed by atoms with Crippen molar-refractivity contribution in [3.63, 3.8) is 0 Å². The minimum absolute atomic E-state index is 0.177. The standard InChI is InChI=1S/C15H21Cl2N3O/c1-10(20-5-3-2-4-6-20)9-19-15(21)11-7-12(16)14(17)13(18)8-11/h7-8,10H,2-6,9,18H2,1H3,(H,19,21). The van der Waals surface area contributed by atoms with Crippen LogP contribution in [-0.4, -0.2) is 36.5 Å². The number of benzene rings is 1. The van der Waals surface area contributed by atoms with Gasteiger partial charge in [0, 0.05) is 18.2 Å². The van der Waals surface area contributed by atoms with Gasteiger partial charge in [-0.05, 0) is 45.0 Å². The van der Waals surface area contributed by atoms with E-state index >= 15 is 0 Å². The highest BCUT2D eigenvalue weighted by molar-refractivity contribution is 6.43. The molecule has 4 nitrogen and oxygen atoms in total. The molecule has 2 rings (SSSR count). The van der Waals surface area contributed by atoms with Crippen LogP contribution in [0.5, 0.6) is 0 Å². The van der Waals surface area contributed by atoms with Crippen LogP contribution in [0.4, 0.5) is 5.69 Å². The molecule has 6 heteroatoms. The fraction of sp³-hybridized carbons (Fsp3) is 0.533. The predicted molar refractivity (Wildman–Crippen MR) is 88.1 cm³/mol. The molecule has 1 fully saturated rings. The van der Waals surface area contributed by atoms with Crippen LogP contribution < -0.4 is 11.1 Å². The van der Waals surface area contributed by atoms with Crippen LogP contribution in [0.3, 0.4) is 0 Å². The summed E-state index contributed by atoms with van der Waals surface area (Å²) >= 11 is 11.8. The second kappa shape index (κ2) is 7.34. The maximum atomic E-state index is 12.2. The number of nitrogen functional groups attached to an aromatic ring is 1. The Labute approximate surface area is 135 Å². The summed E-state index contributed by atoms with van der Waals surface area (Å²) in [4.78, 5) is 14.6. The van der Waals surface area contributed by atoms with Crippen molar-refractivity contribution in [3.8, 4) is 0 Å². The summed E-state index contributed by atoms with van der Waals surface area (Å²) in [7, 11) is 0. The lowest BCUT2D eigenvalue weighted by atomic mass is 10.1. The molecule has 3 N–H and O–H groups in total. The molecular weight excluding hydrogens is 309 g/mol. The van der Waals surface area contributed by atoms with Crippen molar-refractivity contribution in [1.82, 2.24) is 10.2 Å². The van der Waals surface area contributed by atoms with E-state index in [-0.39, 0.29) is 10.9 Å². The van der Waals surface area contributed by atoms with Gasteiger partial charge in [0.25, 0.3) is 5.91 Å². The van der Waals surface area contributed by atoms with Gasteiger partial charge in [0.15, 0.2) is 0 Å². The van der Waals surface area contributed by atoms with E-state index in [1.165, 1.54) is 19.3 Å². The fourth-order valence-electron chi connectivity index (χ4n) is 2.57.